The molecule has 1 aliphatic heterocycles. The van der Waals surface area contributed by atoms with Gasteiger partial charge >= 0.3 is 5.97 Å². The smallest absolute Gasteiger partial charge is 0.343 e. The number of ether oxygens (including phenoxy) is 2. The lowest BCUT2D eigenvalue weighted by atomic mass is 10.1. The van der Waals surface area contributed by atoms with Crippen LogP contribution in [0.1, 0.15) is 20.5 Å². The quantitative estimate of drug-likeness (QED) is 0.754. The van der Waals surface area contributed by atoms with Gasteiger partial charge in [-0.1, -0.05) is 18.2 Å². The van der Waals surface area contributed by atoms with E-state index in [9.17, 15) is 9.59 Å². The average molecular weight is 389 g/mol. The van der Waals surface area contributed by atoms with Crippen LogP contribution in [0.2, 0.25) is 0 Å². The van der Waals surface area contributed by atoms with Crippen LogP contribution in [0, 0.1) is 0 Å². The van der Waals surface area contributed by atoms with Crippen LogP contribution >= 0.6 is 23.5 Å². The average Bonchev–Trinajstić information content (AvgIpc) is 3.21. The highest BCUT2D eigenvalue weighted by Gasteiger charge is 2.18. The summed E-state index contributed by atoms with van der Waals surface area (Å²) in [5, 5.41) is 2.92. The number of anilines is 1. The molecule has 5 nitrogen and oxygen atoms in total. The second kappa shape index (κ2) is 9.00. The fraction of sp³-hybridized carbons (Fsp3) is 0.263. The van der Waals surface area contributed by atoms with Crippen molar-refractivity contribution >= 4 is 41.1 Å². The molecule has 2 aromatic rings. The van der Waals surface area contributed by atoms with E-state index in [1.54, 1.807) is 24.3 Å². The number of carbonyl (C=O) groups is 2. The lowest BCUT2D eigenvalue weighted by molar-refractivity contribution is -0.142. The largest absolute Gasteiger partial charge is 0.482 e. The fourth-order valence-corrected chi connectivity index (χ4v) is 5.28. The maximum atomic E-state index is 12.5. The van der Waals surface area contributed by atoms with Crippen molar-refractivity contribution in [3.63, 3.8) is 0 Å². The standard InChI is InChI=1S/C19H19NO4S2/c1-23-17(21)12-24-16-7-3-4-13(11-16)18(22)20-15-6-2-5-14(10-15)19-25-8-9-26-19/h2-7,10-11,19H,8-9,12H2,1H3,(H,20,22). The molecule has 7 heteroatoms. The van der Waals surface area contributed by atoms with Gasteiger partial charge in [0.05, 0.1) is 11.7 Å². The predicted molar refractivity (Wildman–Crippen MR) is 106 cm³/mol. The van der Waals surface area contributed by atoms with Crippen LogP contribution in [0.15, 0.2) is 48.5 Å². The highest BCUT2D eigenvalue weighted by atomic mass is 32.2. The summed E-state index contributed by atoms with van der Waals surface area (Å²) in [5.74, 6) is 2.06. The molecule has 0 atom stereocenters. The number of amides is 1. The minimum atomic E-state index is -0.473. The third kappa shape index (κ3) is 4.95. The normalized spacial score (nSPS) is 14.0. The molecule has 1 saturated heterocycles. The van der Waals surface area contributed by atoms with Crippen molar-refractivity contribution < 1.29 is 19.1 Å². The molecule has 3 rings (SSSR count). The summed E-state index contributed by atoms with van der Waals surface area (Å²) in [5.41, 5.74) is 2.44. The van der Waals surface area contributed by atoms with E-state index in [1.807, 2.05) is 41.7 Å². The van der Waals surface area contributed by atoms with Gasteiger partial charge < -0.3 is 14.8 Å². The number of hydrogen-bond donors (Lipinski definition) is 1. The predicted octanol–water partition coefficient (Wildman–Crippen LogP) is 3.97. The first-order valence-corrected chi connectivity index (χ1v) is 10.2. The molecule has 0 aliphatic carbocycles. The molecular formula is C19H19NO4S2. The first-order chi connectivity index (χ1) is 12.7. The maximum absolute atomic E-state index is 12.5. The van der Waals surface area contributed by atoms with Crippen molar-refractivity contribution in [1.82, 2.24) is 0 Å². The van der Waals surface area contributed by atoms with Crippen molar-refractivity contribution in [2.75, 3.05) is 30.5 Å². The van der Waals surface area contributed by atoms with Crippen molar-refractivity contribution in [2.45, 2.75) is 4.58 Å². The number of thioether (sulfide) groups is 2. The number of carbonyl (C=O) groups excluding carboxylic acids is 2. The lowest BCUT2D eigenvalue weighted by Crippen LogP contribution is -2.14. The van der Waals surface area contributed by atoms with Crippen molar-refractivity contribution in [2.24, 2.45) is 0 Å². The van der Waals surface area contributed by atoms with Crippen LogP contribution < -0.4 is 10.1 Å². The highest BCUT2D eigenvalue weighted by Crippen LogP contribution is 2.45. The molecule has 0 saturated carbocycles. The van der Waals surface area contributed by atoms with Crippen LogP contribution in [0.3, 0.4) is 0 Å². The van der Waals surface area contributed by atoms with Crippen molar-refractivity contribution in [3.05, 3.63) is 59.7 Å². The van der Waals surface area contributed by atoms with E-state index in [0.717, 1.165) is 17.2 Å². The van der Waals surface area contributed by atoms with E-state index >= 15 is 0 Å². The minimum Gasteiger partial charge on any atom is -0.482 e. The van der Waals surface area contributed by atoms with Crippen molar-refractivity contribution in [1.29, 1.82) is 0 Å². The molecule has 0 radical (unpaired) electrons. The van der Waals surface area contributed by atoms with Gasteiger partial charge in [0.1, 0.15) is 5.75 Å². The van der Waals surface area contributed by atoms with E-state index in [1.165, 1.54) is 12.7 Å². The van der Waals surface area contributed by atoms with Crippen LogP contribution in [0.5, 0.6) is 5.75 Å². The Morgan fingerprint density at radius 1 is 1.12 bits per heavy atom. The summed E-state index contributed by atoms with van der Waals surface area (Å²) in [6.45, 7) is -0.194. The number of methoxy groups -OCH3 is 1. The van der Waals surface area contributed by atoms with Gasteiger partial charge in [-0.25, -0.2) is 4.79 Å². The monoisotopic (exact) mass is 389 g/mol. The summed E-state index contributed by atoms with van der Waals surface area (Å²) in [7, 11) is 1.30. The van der Waals surface area contributed by atoms with Crippen LogP contribution in [0.4, 0.5) is 5.69 Å². The molecule has 1 fully saturated rings. The van der Waals surface area contributed by atoms with Crippen molar-refractivity contribution in [3.8, 4) is 5.75 Å². The highest BCUT2D eigenvalue weighted by molar-refractivity contribution is 8.19. The molecule has 2 aromatic carbocycles. The van der Waals surface area contributed by atoms with Gasteiger partial charge in [0, 0.05) is 22.8 Å². The van der Waals surface area contributed by atoms with E-state index in [4.69, 9.17) is 4.74 Å². The van der Waals surface area contributed by atoms with Gasteiger partial charge in [0.25, 0.3) is 5.91 Å². The van der Waals surface area contributed by atoms with Gasteiger partial charge in [-0.2, -0.15) is 0 Å². The number of esters is 1. The molecule has 1 aliphatic rings. The Morgan fingerprint density at radius 3 is 2.65 bits per heavy atom. The third-order valence-corrected chi connectivity index (χ3v) is 6.82. The van der Waals surface area contributed by atoms with Gasteiger partial charge in [-0.3, -0.25) is 4.79 Å². The maximum Gasteiger partial charge on any atom is 0.343 e. The number of rotatable bonds is 6. The molecule has 1 amide bonds. The SMILES string of the molecule is COC(=O)COc1cccc(C(=O)Nc2cccc(C3SCCS3)c2)c1. The summed E-state index contributed by atoms with van der Waals surface area (Å²) in [6, 6.07) is 14.7. The Balaban J connectivity index is 1.66. The van der Waals surface area contributed by atoms with Gasteiger partial charge in [0.2, 0.25) is 0 Å². The van der Waals surface area contributed by atoms with Gasteiger partial charge in [-0.15, -0.1) is 23.5 Å². The van der Waals surface area contributed by atoms with Gasteiger partial charge in [-0.05, 0) is 35.9 Å². The number of nitrogens with one attached hydrogen (secondary N) is 1. The van der Waals surface area contributed by atoms with E-state index < -0.39 is 5.97 Å². The van der Waals surface area contributed by atoms with Gasteiger partial charge in [0.15, 0.2) is 6.61 Å². The molecule has 1 heterocycles. The molecule has 136 valence electrons. The summed E-state index contributed by atoms with van der Waals surface area (Å²) in [6.07, 6.45) is 0. The second-order valence-corrected chi connectivity index (χ2v) is 8.27. The fourth-order valence-electron chi connectivity index (χ4n) is 2.45. The Morgan fingerprint density at radius 2 is 1.88 bits per heavy atom. The molecule has 1 N–H and O–H groups in total. The first-order valence-electron chi connectivity index (χ1n) is 8.10. The molecule has 0 bridgehead atoms. The zero-order valence-corrected chi connectivity index (χ0v) is 15.9. The summed E-state index contributed by atoms with van der Waals surface area (Å²) < 4.78 is 10.3. The Kier molecular flexibility index (Phi) is 6.46. The zero-order chi connectivity index (χ0) is 18.4. The van der Waals surface area contributed by atoms with E-state index in [2.05, 4.69) is 16.1 Å². The minimum absolute atomic E-state index is 0.194. The van der Waals surface area contributed by atoms with Crippen LogP contribution in [0.25, 0.3) is 0 Å². The molecule has 0 aromatic heterocycles. The topological polar surface area (TPSA) is 64.6 Å². The Labute approximate surface area is 160 Å². The summed E-state index contributed by atoms with van der Waals surface area (Å²) >= 11 is 3.85. The molecule has 0 spiro atoms. The Bertz CT molecular complexity index is 791. The van der Waals surface area contributed by atoms with E-state index in [-0.39, 0.29) is 12.5 Å². The lowest BCUT2D eigenvalue weighted by Gasteiger charge is -2.12. The van der Waals surface area contributed by atoms with E-state index in [0.29, 0.717) is 15.9 Å². The van der Waals surface area contributed by atoms with Crippen LogP contribution in [-0.4, -0.2) is 37.1 Å². The molecule has 26 heavy (non-hydrogen) atoms. The second-order valence-electron chi connectivity index (χ2n) is 5.55. The Hall–Kier alpha value is -2.12. The zero-order valence-electron chi connectivity index (χ0n) is 14.3. The summed E-state index contributed by atoms with van der Waals surface area (Å²) in [4.78, 5) is 23.7. The number of hydrogen-bond acceptors (Lipinski definition) is 6. The van der Waals surface area contributed by atoms with Crippen LogP contribution in [-0.2, 0) is 9.53 Å². The molecule has 0 unspecified atom stereocenters. The molecular weight excluding hydrogens is 370 g/mol. The third-order valence-electron chi connectivity index (χ3n) is 3.72. The first kappa shape index (κ1) is 18.7. The number of benzene rings is 2.